The minimum Gasteiger partial charge on any atom is -0.456 e. The molecule has 2 heterocycles. The van der Waals surface area contributed by atoms with Gasteiger partial charge in [-0.15, -0.1) is 0 Å². The van der Waals surface area contributed by atoms with Crippen LogP contribution in [0.4, 0.5) is 0 Å². The molecule has 0 N–H and O–H groups in total. The Morgan fingerprint density at radius 2 is 0.978 bits per heavy atom. The van der Waals surface area contributed by atoms with Crippen molar-refractivity contribution < 1.29 is 8.83 Å². The first-order chi connectivity index (χ1) is 22.3. The monoisotopic (exact) mass is 574 g/mol. The van der Waals surface area contributed by atoms with E-state index in [2.05, 4.69) is 133 Å². The van der Waals surface area contributed by atoms with Crippen molar-refractivity contribution in [2.75, 3.05) is 0 Å². The van der Waals surface area contributed by atoms with Crippen molar-refractivity contribution in [1.82, 2.24) is 0 Å². The summed E-state index contributed by atoms with van der Waals surface area (Å²) < 4.78 is 12.7. The average molecular weight is 575 g/mol. The maximum Gasteiger partial charge on any atom is 0.143 e. The SMILES string of the molecule is c1ccc2c(c1)Cc1ccc(-c3ccc4c(c3)oc3c(-c5ccc(-c6ccc7oc8ccccc8c7c6)cc5)cccc34)cc1-2. The van der Waals surface area contributed by atoms with Crippen LogP contribution in [0.2, 0.25) is 0 Å². The first-order valence-corrected chi connectivity index (χ1v) is 15.5. The molecular formula is C43H26O2. The minimum atomic E-state index is 0.910. The first-order valence-electron chi connectivity index (χ1n) is 15.5. The second-order valence-corrected chi connectivity index (χ2v) is 12.1. The molecule has 2 nitrogen and oxygen atoms in total. The summed E-state index contributed by atoms with van der Waals surface area (Å²) in [5, 5.41) is 4.56. The van der Waals surface area contributed by atoms with E-state index in [-0.39, 0.29) is 0 Å². The van der Waals surface area contributed by atoms with E-state index in [0.29, 0.717) is 0 Å². The number of rotatable bonds is 3. The molecule has 45 heavy (non-hydrogen) atoms. The van der Waals surface area contributed by atoms with E-state index >= 15 is 0 Å². The van der Waals surface area contributed by atoms with Gasteiger partial charge >= 0.3 is 0 Å². The van der Waals surface area contributed by atoms with Gasteiger partial charge in [-0.2, -0.15) is 0 Å². The fourth-order valence-corrected chi connectivity index (χ4v) is 7.26. The standard InChI is InChI=1S/C43H26O2/c1-2-7-33-31(6-1)22-32-17-16-29(23-38(32)33)30-18-20-36-37-10-5-9-34(43(37)45-42(36)25-30)27-14-12-26(13-15-27)28-19-21-41-39(24-28)35-8-3-4-11-40(35)44-41/h1-21,23-25H,22H2. The third kappa shape index (κ3) is 3.76. The zero-order valence-electron chi connectivity index (χ0n) is 24.4. The molecule has 1 aliphatic rings. The zero-order valence-corrected chi connectivity index (χ0v) is 24.4. The minimum absolute atomic E-state index is 0.910. The smallest absolute Gasteiger partial charge is 0.143 e. The van der Waals surface area contributed by atoms with E-state index in [9.17, 15) is 0 Å². The summed E-state index contributed by atoms with van der Waals surface area (Å²) in [6.07, 6.45) is 1.01. The molecule has 9 aromatic rings. The van der Waals surface area contributed by atoms with Crippen LogP contribution in [-0.2, 0) is 6.42 Å². The predicted octanol–water partition coefficient (Wildman–Crippen LogP) is 12.1. The van der Waals surface area contributed by atoms with Gasteiger partial charge < -0.3 is 8.83 Å². The summed E-state index contributed by atoms with van der Waals surface area (Å²) in [4.78, 5) is 0. The molecule has 210 valence electrons. The second kappa shape index (κ2) is 9.32. The number of benzene rings is 7. The van der Waals surface area contributed by atoms with E-state index in [0.717, 1.165) is 61.4 Å². The van der Waals surface area contributed by atoms with Gasteiger partial charge in [0.25, 0.3) is 0 Å². The normalized spacial score (nSPS) is 12.4. The van der Waals surface area contributed by atoms with Crippen molar-refractivity contribution in [1.29, 1.82) is 0 Å². The van der Waals surface area contributed by atoms with Crippen molar-refractivity contribution in [3.05, 3.63) is 157 Å². The largest absolute Gasteiger partial charge is 0.456 e. The number of furan rings is 2. The van der Waals surface area contributed by atoms with Crippen molar-refractivity contribution in [3.63, 3.8) is 0 Å². The number of hydrogen-bond donors (Lipinski definition) is 0. The Hall–Kier alpha value is -5.86. The highest BCUT2D eigenvalue weighted by atomic mass is 16.3. The van der Waals surface area contributed by atoms with Crippen LogP contribution in [0.1, 0.15) is 11.1 Å². The lowest BCUT2D eigenvalue weighted by atomic mass is 9.97. The van der Waals surface area contributed by atoms with Crippen LogP contribution in [0.25, 0.3) is 88.4 Å². The molecule has 2 heteroatoms. The molecule has 0 unspecified atom stereocenters. The van der Waals surface area contributed by atoms with Gasteiger partial charge in [-0.05, 0) is 92.9 Å². The average Bonchev–Trinajstić information content (AvgIpc) is 3.78. The van der Waals surface area contributed by atoms with Crippen molar-refractivity contribution in [2.45, 2.75) is 6.42 Å². The third-order valence-corrected chi connectivity index (χ3v) is 9.54. The maximum absolute atomic E-state index is 6.63. The highest BCUT2D eigenvalue weighted by Crippen LogP contribution is 2.41. The molecule has 2 aromatic heterocycles. The molecule has 0 fully saturated rings. The van der Waals surface area contributed by atoms with Crippen LogP contribution in [0.15, 0.2) is 154 Å². The summed E-state index contributed by atoms with van der Waals surface area (Å²) in [6.45, 7) is 0. The van der Waals surface area contributed by atoms with Crippen molar-refractivity contribution in [3.8, 4) is 44.5 Å². The van der Waals surface area contributed by atoms with Crippen molar-refractivity contribution in [2.24, 2.45) is 0 Å². The van der Waals surface area contributed by atoms with Gasteiger partial charge in [0.15, 0.2) is 0 Å². The Labute approximate surface area is 259 Å². The highest BCUT2D eigenvalue weighted by Gasteiger charge is 2.19. The van der Waals surface area contributed by atoms with E-state index in [1.54, 1.807) is 0 Å². The number of fused-ring (bicyclic) bond motifs is 9. The quantitative estimate of drug-likeness (QED) is 0.210. The number of para-hydroxylation sites is 2. The van der Waals surface area contributed by atoms with Gasteiger partial charge in [-0.25, -0.2) is 0 Å². The lowest BCUT2D eigenvalue weighted by Gasteiger charge is -2.06. The summed E-state index contributed by atoms with van der Waals surface area (Å²) in [5.41, 5.74) is 16.1. The fraction of sp³-hybridized carbons (Fsp3) is 0.0233. The van der Waals surface area contributed by atoms with Gasteiger partial charge in [0.2, 0.25) is 0 Å². The van der Waals surface area contributed by atoms with Crippen LogP contribution in [0, 0.1) is 0 Å². The Kier molecular flexibility index (Phi) is 5.09. The zero-order chi connectivity index (χ0) is 29.5. The van der Waals surface area contributed by atoms with Crippen LogP contribution in [0.3, 0.4) is 0 Å². The Balaban J connectivity index is 1.02. The molecule has 1 aliphatic carbocycles. The van der Waals surface area contributed by atoms with Gasteiger partial charge in [-0.1, -0.05) is 109 Å². The van der Waals surface area contributed by atoms with E-state index in [4.69, 9.17) is 8.83 Å². The lowest BCUT2D eigenvalue weighted by molar-refractivity contribution is 0.669. The van der Waals surface area contributed by atoms with Crippen LogP contribution in [-0.4, -0.2) is 0 Å². The first kappa shape index (κ1) is 24.6. The van der Waals surface area contributed by atoms with E-state index in [1.807, 2.05) is 12.1 Å². The topological polar surface area (TPSA) is 26.3 Å². The highest BCUT2D eigenvalue weighted by molar-refractivity contribution is 6.10. The fourth-order valence-electron chi connectivity index (χ4n) is 7.26. The summed E-state index contributed by atoms with van der Waals surface area (Å²) in [7, 11) is 0. The Bertz CT molecular complexity index is 2610. The van der Waals surface area contributed by atoms with Crippen LogP contribution in [0.5, 0.6) is 0 Å². The van der Waals surface area contributed by atoms with Gasteiger partial charge in [0.1, 0.15) is 22.3 Å². The molecular weight excluding hydrogens is 548 g/mol. The molecule has 0 saturated carbocycles. The second-order valence-electron chi connectivity index (χ2n) is 12.1. The molecule has 0 atom stereocenters. The molecule has 7 aromatic carbocycles. The maximum atomic E-state index is 6.63. The van der Waals surface area contributed by atoms with Gasteiger partial charge in [0.05, 0.1) is 0 Å². The van der Waals surface area contributed by atoms with Crippen LogP contribution >= 0.6 is 0 Å². The molecule has 10 rings (SSSR count). The summed E-state index contributed by atoms with van der Waals surface area (Å²) in [6, 6.07) is 52.1. The predicted molar refractivity (Wildman–Crippen MR) is 186 cm³/mol. The lowest BCUT2D eigenvalue weighted by Crippen LogP contribution is -1.83. The van der Waals surface area contributed by atoms with Crippen molar-refractivity contribution >= 4 is 43.9 Å². The van der Waals surface area contributed by atoms with Crippen LogP contribution < -0.4 is 0 Å². The van der Waals surface area contributed by atoms with E-state index in [1.165, 1.54) is 44.5 Å². The molecule has 0 aliphatic heterocycles. The summed E-state index contributed by atoms with van der Waals surface area (Å²) in [5.74, 6) is 0. The number of hydrogen-bond acceptors (Lipinski definition) is 2. The molecule has 0 bridgehead atoms. The molecule has 0 saturated heterocycles. The van der Waals surface area contributed by atoms with E-state index < -0.39 is 0 Å². The van der Waals surface area contributed by atoms with Gasteiger partial charge in [-0.3, -0.25) is 0 Å². The van der Waals surface area contributed by atoms with Gasteiger partial charge in [0, 0.05) is 27.1 Å². The molecule has 0 spiro atoms. The molecule has 0 radical (unpaired) electrons. The Morgan fingerprint density at radius 1 is 0.333 bits per heavy atom. The molecule has 0 amide bonds. The third-order valence-electron chi connectivity index (χ3n) is 9.54. The Morgan fingerprint density at radius 3 is 1.93 bits per heavy atom. The summed E-state index contributed by atoms with van der Waals surface area (Å²) >= 11 is 0.